The van der Waals surface area contributed by atoms with Crippen LogP contribution in [-0.2, 0) is 12.8 Å². The zero-order chi connectivity index (χ0) is 13.1. The maximum absolute atomic E-state index is 5.91. The third-order valence-electron chi connectivity index (χ3n) is 4.22. The molecule has 0 atom stereocenters. The van der Waals surface area contributed by atoms with Crippen LogP contribution in [-0.4, -0.2) is 0 Å². The van der Waals surface area contributed by atoms with Crippen LogP contribution in [0.25, 0.3) is 21.9 Å². The summed E-state index contributed by atoms with van der Waals surface area (Å²) in [7, 11) is 0. The Labute approximate surface area is 116 Å². The number of rotatable bonds is 0. The molecule has 0 spiro atoms. The van der Waals surface area contributed by atoms with Crippen LogP contribution in [0, 0.1) is 18.6 Å². The van der Waals surface area contributed by atoms with Crippen LogP contribution < -0.4 is 0 Å². The molecule has 1 aromatic carbocycles. The first-order chi connectivity index (χ1) is 9.16. The smallest absolute Gasteiger partial charge is 0.194 e. The Morgan fingerprint density at radius 3 is 2.68 bits per heavy atom. The van der Waals surface area contributed by atoms with Crippen LogP contribution in [0.4, 0.5) is 0 Å². The molecule has 2 nitrogen and oxygen atoms in total. The van der Waals surface area contributed by atoms with Gasteiger partial charge in [-0.1, -0.05) is 0 Å². The van der Waals surface area contributed by atoms with Crippen molar-refractivity contribution in [2.75, 3.05) is 0 Å². The molecule has 2 aromatic heterocycles. The zero-order valence-corrected chi connectivity index (χ0v) is 11.8. The summed E-state index contributed by atoms with van der Waals surface area (Å²) >= 11 is 5.40. The van der Waals surface area contributed by atoms with E-state index >= 15 is 0 Å². The Morgan fingerprint density at radius 2 is 1.84 bits per heavy atom. The van der Waals surface area contributed by atoms with Gasteiger partial charge in [0.2, 0.25) is 0 Å². The summed E-state index contributed by atoms with van der Waals surface area (Å²) in [6, 6.07) is 2.21. The minimum atomic E-state index is 0.658. The van der Waals surface area contributed by atoms with Crippen molar-refractivity contribution in [3.8, 4) is 0 Å². The van der Waals surface area contributed by atoms with Gasteiger partial charge < -0.3 is 8.83 Å². The highest BCUT2D eigenvalue weighted by molar-refractivity contribution is 7.71. The fourth-order valence-electron chi connectivity index (χ4n) is 3.21. The van der Waals surface area contributed by atoms with Crippen LogP contribution in [0.15, 0.2) is 21.2 Å². The minimum absolute atomic E-state index is 0.658. The summed E-state index contributed by atoms with van der Waals surface area (Å²) in [5.41, 5.74) is 6.67. The summed E-state index contributed by atoms with van der Waals surface area (Å²) in [5.74, 6) is 0. The molecule has 0 N–H and O–H groups in total. The van der Waals surface area contributed by atoms with Gasteiger partial charge in [0.05, 0.1) is 6.26 Å². The molecular formula is C16H14O2S. The van der Waals surface area contributed by atoms with E-state index in [-0.39, 0.29) is 0 Å². The summed E-state index contributed by atoms with van der Waals surface area (Å²) < 4.78 is 12.2. The molecule has 0 saturated carbocycles. The van der Waals surface area contributed by atoms with Crippen molar-refractivity contribution in [1.29, 1.82) is 0 Å². The first-order valence-electron chi connectivity index (χ1n) is 6.63. The van der Waals surface area contributed by atoms with Crippen LogP contribution in [0.1, 0.15) is 28.7 Å². The van der Waals surface area contributed by atoms with Gasteiger partial charge in [0, 0.05) is 21.9 Å². The van der Waals surface area contributed by atoms with Crippen LogP contribution in [0.3, 0.4) is 0 Å². The number of furan rings is 1. The third-order valence-corrected chi connectivity index (χ3v) is 4.55. The molecule has 0 saturated heterocycles. The maximum Gasteiger partial charge on any atom is 0.194 e. The molecule has 0 aliphatic heterocycles. The summed E-state index contributed by atoms with van der Waals surface area (Å²) in [6.45, 7) is 4.13. The minimum Gasteiger partial charge on any atom is -0.464 e. The Morgan fingerprint density at radius 1 is 1.05 bits per heavy atom. The molecule has 3 aromatic rings. The molecule has 2 heterocycles. The van der Waals surface area contributed by atoms with Crippen LogP contribution >= 0.6 is 12.2 Å². The largest absolute Gasteiger partial charge is 0.464 e. The number of benzene rings is 1. The molecule has 4 rings (SSSR count). The molecule has 3 heteroatoms. The van der Waals surface area contributed by atoms with Crippen molar-refractivity contribution in [3.05, 3.63) is 39.3 Å². The monoisotopic (exact) mass is 270 g/mol. The van der Waals surface area contributed by atoms with Crippen molar-refractivity contribution in [2.24, 2.45) is 0 Å². The summed E-state index contributed by atoms with van der Waals surface area (Å²) in [6.07, 6.45) is 5.14. The number of fused-ring (bicyclic) bond motifs is 4. The van der Waals surface area contributed by atoms with Gasteiger partial charge in [0.15, 0.2) is 4.71 Å². The molecular weight excluding hydrogens is 256 g/mol. The second-order valence-corrected chi connectivity index (χ2v) is 5.74. The van der Waals surface area contributed by atoms with Crippen LogP contribution in [0.2, 0.25) is 0 Å². The predicted molar refractivity (Wildman–Crippen MR) is 78.3 cm³/mol. The topological polar surface area (TPSA) is 26.3 Å². The van der Waals surface area contributed by atoms with Crippen LogP contribution in [0.5, 0.6) is 0 Å². The summed E-state index contributed by atoms with van der Waals surface area (Å²) in [4.78, 5) is 0. The fourth-order valence-corrected chi connectivity index (χ4v) is 3.52. The van der Waals surface area contributed by atoms with Crippen molar-refractivity contribution in [1.82, 2.24) is 0 Å². The standard InChI is InChI=1S/C16H14O2S/c1-8-7-17-14-9(2)15-13(6-12(8)14)10-4-3-5-11(10)16(19)18-15/h6-7H,3-5H2,1-2H3. The lowest BCUT2D eigenvalue weighted by molar-refractivity contribution is 0.572. The average molecular weight is 270 g/mol. The van der Waals surface area contributed by atoms with Gasteiger partial charge in [0.25, 0.3) is 0 Å². The van der Waals surface area contributed by atoms with Gasteiger partial charge in [-0.2, -0.15) is 0 Å². The highest BCUT2D eigenvalue weighted by Gasteiger charge is 2.20. The van der Waals surface area contributed by atoms with E-state index in [0.29, 0.717) is 4.71 Å². The molecule has 96 valence electrons. The number of hydrogen-bond acceptors (Lipinski definition) is 3. The lowest BCUT2D eigenvalue weighted by Crippen LogP contribution is -1.90. The lowest BCUT2D eigenvalue weighted by atomic mass is 10.0. The van der Waals surface area contributed by atoms with Gasteiger partial charge in [-0.25, -0.2) is 0 Å². The average Bonchev–Trinajstić information content (AvgIpc) is 3.00. The van der Waals surface area contributed by atoms with E-state index in [0.717, 1.165) is 29.6 Å². The highest BCUT2D eigenvalue weighted by Crippen LogP contribution is 2.37. The predicted octanol–water partition coefficient (Wildman–Crippen LogP) is 5.01. The lowest BCUT2D eigenvalue weighted by Gasteiger charge is -2.08. The SMILES string of the molecule is Cc1coc2c(C)c3oc(=S)c4c(c3cc12)CCC4. The molecule has 1 aliphatic rings. The Hall–Kier alpha value is -1.61. The van der Waals surface area contributed by atoms with Gasteiger partial charge in [-0.15, -0.1) is 0 Å². The first kappa shape index (κ1) is 11.2. The number of hydrogen-bond donors (Lipinski definition) is 0. The van der Waals surface area contributed by atoms with E-state index in [1.165, 1.54) is 33.9 Å². The maximum atomic E-state index is 5.91. The quantitative estimate of drug-likeness (QED) is 0.537. The van der Waals surface area contributed by atoms with E-state index in [1.807, 2.05) is 13.2 Å². The first-order valence-corrected chi connectivity index (χ1v) is 7.03. The normalized spacial score (nSPS) is 14.4. The van der Waals surface area contributed by atoms with E-state index in [1.54, 1.807) is 0 Å². The molecule has 0 bridgehead atoms. The van der Waals surface area contributed by atoms with Crippen molar-refractivity contribution in [3.63, 3.8) is 0 Å². The van der Waals surface area contributed by atoms with E-state index in [2.05, 4.69) is 13.0 Å². The zero-order valence-electron chi connectivity index (χ0n) is 11.0. The highest BCUT2D eigenvalue weighted by atomic mass is 32.1. The van der Waals surface area contributed by atoms with Gasteiger partial charge in [-0.05, 0) is 62.5 Å². The third kappa shape index (κ3) is 1.39. The van der Waals surface area contributed by atoms with Crippen molar-refractivity contribution < 1.29 is 8.83 Å². The Kier molecular flexibility index (Phi) is 2.19. The number of aryl methyl sites for hydroxylation is 3. The van der Waals surface area contributed by atoms with E-state index < -0.39 is 0 Å². The second kappa shape index (κ2) is 3.70. The molecule has 0 fully saturated rings. The summed E-state index contributed by atoms with van der Waals surface area (Å²) in [5, 5.41) is 2.40. The van der Waals surface area contributed by atoms with Gasteiger partial charge in [0.1, 0.15) is 11.2 Å². The van der Waals surface area contributed by atoms with E-state index in [4.69, 9.17) is 21.1 Å². The van der Waals surface area contributed by atoms with E-state index in [9.17, 15) is 0 Å². The van der Waals surface area contributed by atoms with Gasteiger partial charge in [-0.3, -0.25) is 0 Å². The van der Waals surface area contributed by atoms with Crippen molar-refractivity contribution >= 4 is 34.2 Å². The molecule has 0 unspecified atom stereocenters. The molecule has 0 amide bonds. The van der Waals surface area contributed by atoms with Gasteiger partial charge >= 0.3 is 0 Å². The molecule has 1 aliphatic carbocycles. The van der Waals surface area contributed by atoms with Crippen molar-refractivity contribution in [2.45, 2.75) is 33.1 Å². The molecule has 0 radical (unpaired) electrons. The molecule has 19 heavy (non-hydrogen) atoms. The second-order valence-electron chi connectivity index (χ2n) is 5.37. The Bertz CT molecular complexity index is 883. The fraction of sp³-hybridized carbons (Fsp3) is 0.312. The Balaban J connectivity index is 2.29.